The number of hydrogen-bond donors (Lipinski definition) is 5. The van der Waals surface area contributed by atoms with Crippen LogP contribution in [-0.2, 0) is 0 Å². The van der Waals surface area contributed by atoms with Crippen LogP contribution in [0.2, 0.25) is 0 Å². The molecule has 10 heteroatoms. The Hall–Kier alpha value is -2.40. The minimum atomic E-state index is -1.12. The molecule has 2 fully saturated rings. The second kappa shape index (κ2) is 7.83. The van der Waals surface area contributed by atoms with E-state index in [1.54, 1.807) is 26.2 Å². The molecular weight excluding hydrogens is 440 g/mol. The average Bonchev–Trinajstić information content (AvgIpc) is 3.18. The highest BCUT2D eigenvalue weighted by molar-refractivity contribution is 7.21. The van der Waals surface area contributed by atoms with Gasteiger partial charge in [-0.3, -0.25) is 4.98 Å². The van der Waals surface area contributed by atoms with Crippen LogP contribution in [0, 0.1) is 12.8 Å². The van der Waals surface area contributed by atoms with Crippen molar-refractivity contribution in [3.05, 3.63) is 24.2 Å². The molecule has 0 radical (unpaired) electrons. The van der Waals surface area contributed by atoms with Gasteiger partial charge in [0.1, 0.15) is 22.4 Å². The number of pyridine rings is 1. The molecule has 0 bridgehead atoms. The number of fused-ring (bicyclic) bond motifs is 1. The summed E-state index contributed by atoms with van der Waals surface area (Å²) in [6.07, 6.45) is 3.92. The second-order valence-electron chi connectivity index (χ2n) is 10.1. The monoisotopic (exact) mass is 470 g/mol. The maximum atomic E-state index is 10.8. The number of aromatic nitrogens is 4. The minimum Gasteiger partial charge on any atom is -0.390 e. The Morgan fingerprint density at radius 2 is 1.91 bits per heavy atom. The van der Waals surface area contributed by atoms with Gasteiger partial charge in [0.15, 0.2) is 0 Å². The summed E-state index contributed by atoms with van der Waals surface area (Å²) in [5.41, 5.74) is 1.21. The normalized spacial score (nSPS) is 26.5. The number of aliphatic hydroxyl groups excluding tert-OH is 2. The van der Waals surface area contributed by atoms with Gasteiger partial charge in [-0.15, -0.1) is 11.3 Å². The van der Waals surface area contributed by atoms with Gasteiger partial charge in [-0.2, -0.15) is 4.98 Å². The Bertz CT molecular complexity index is 1160. The molecule has 0 aliphatic heterocycles. The Kier molecular flexibility index (Phi) is 5.32. The van der Waals surface area contributed by atoms with Crippen molar-refractivity contribution in [1.29, 1.82) is 0 Å². The number of thiazole rings is 1. The number of hydrogen-bond acceptors (Lipinski definition) is 10. The summed E-state index contributed by atoms with van der Waals surface area (Å²) in [6, 6.07) is 1.44. The number of aryl methyl sites for hydroxylation is 1. The van der Waals surface area contributed by atoms with E-state index >= 15 is 0 Å². The summed E-state index contributed by atoms with van der Waals surface area (Å²) in [5, 5.41) is 39.4. The van der Waals surface area contributed by atoms with E-state index < -0.39 is 29.8 Å². The lowest BCUT2D eigenvalue weighted by Gasteiger charge is -2.28. The van der Waals surface area contributed by atoms with Gasteiger partial charge in [0, 0.05) is 17.7 Å². The van der Waals surface area contributed by atoms with Crippen LogP contribution in [0.4, 0.5) is 11.8 Å². The molecule has 9 nitrogen and oxygen atoms in total. The van der Waals surface area contributed by atoms with Gasteiger partial charge in [-0.25, -0.2) is 9.97 Å². The van der Waals surface area contributed by atoms with Crippen LogP contribution in [0.15, 0.2) is 18.5 Å². The highest BCUT2D eigenvalue weighted by Crippen LogP contribution is 2.41. The lowest BCUT2D eigenvalue weighted by molar-refractivity contribution is -0.0601. The summed E-state index contributed by atoms with van der Waals surface area (Å²) in [7, 11) is 0. The molecule has 0 spiro atoms. The van der Waals surface area contributed by atoms with E-state index in [0.29, 0.717) is 18.2 Å². The molecule has 33 heavy (non-hydrogen) atoms. The minimum absolute atomic E-state index is 0.00182. The largest absolute Gasteiger partial charge is 0.390 e. The van der Waals surface area contributed by atoms with E-state index in [-0.39, 0.29) is 5.54 Å². The van der Waals surface area contributed by atoms with Crippen LogP contribution in [0.3, 0.4) is 0 Å². The number of nitrogens with zero attached hydrogens (tertiary/aromatic N) is 4. The summed E-state index contributed by atoms with van der Waals surface area (Å²) < 4.78 is 1.01. The van der Waals surface area contributed by atoms with Crippen LogP contribution >= 0.6 is 11.3 Å². The fraction of sp³-hybridized carbons (Fsp3) is 0.565. The fourth-order valence-corrected chi connectivity index (χ4v) is 5.54. The van der Waals surface area contributed by atoms with Gasteiger partial charge >= 0.3 is 0 Å². The van der Waals surface area contributed by atoms with E-state index in [9.17, 15) is 15.3 Å². The molecule has 5 rings (SSSR count). The van der Waals surface area contributed by atoms with E-state index in [4.69, 9.17) is 15.0 Å². The molecule has 4 atom stereocenters. The van der Waals surface area contributed by atoms with Crippen molar-refractivity contribution < 1.29 is 15.3 Å². The van der Waals surface area contributed by atoms with Crippen LogP contribution in [0.1, 0.15) is 45.7 Å². The third kappa shape index (κ3) is 4.28. The summed E-state index contributed by atoms with van der Waals surface area (Å²) >= 11 is 1.53. The third-order valence-corrected chi connectivity index (χ3v) is 7.87. The van der Waals surface area contributed by atoms with E-state index in [1.807, 2.05) is 13.0 Å². The van der Waals surface area contributed by atoms with Gasteiger partial charge < -0.3 is 26.0 Å². The molecule has 0 amide bonds. The van der Waals surface area contributed by atoms with Crippen LogP contribution in [-0.4, -0.2) is 64.6 Å². The Morgan fingerprint density at radius 3 is 2.55 bits per heavy atom. The molecule has 3 aromatic rings. The quantitative estimate of drug-likeness (QED) is 0.368. The van der Waals surface area contributed by atoms with Crippen LogP contribution in [0.5, 0.6) is 0 Å². The van der Waals surface area contributed by atoms with E-state index in [0.717, 1.165) is 39.3 Å². The zero-order valence-electron chi connectivity index (χ0n) is 19.2. The van der Waals surface area contributed by atoms with Crippen molar-refractivity contribution in [2.75, 3.05) is 10.6 Å². The summed E-state index contributed by atoms with van der Waals surface area (Å²) in [6.45, 7) is 7.37. The van der Waals surface area contributed by atoms with E-state index in [1.165, 1.54) is 11.3 Å². The van der Waals surface area contributed by atoms with Crippen LogP contribution in [0.25, 0.3) is 20.8 Å². The number of aliphatic hydroxyl groups is 3. The highest BCUT2D eigenvalue weighted by atomic mass is 32.1. The first-order chi connectivity index (χ1) is 15.5. The van der Waals surface area contributed by atoms with Crippen molar-refractivity contribution in [3.63, 3.8) is 0 Å². The van der Waals surface area contributed by atoms with Crippen molar-refractivity contribution in [2.45, 2.75) is 76.3 Å². The Morgan fingerprint density at radius 1 is 1.15 bits per heavy atom. The lowest BCUT2D eigenvalue weighted by atomic mass is 9.88. The highest BCUT2D eigenvalue weighted by Gasteiger charge is 2.48. The van der Waals surface area contributed by atoms with Gasteiger partial charge in [0.25, 0.3) is 0 Å². The lowest BCUT2D eigenvalue weighted by Crippen LogP contribution is -2.40. The average molecular weight is 471 g/mol. The predicted molar refractivity (Wildman–Crippen MR) is 128 cm³/mol. The smallest absolute Gasteiger partial charge is 0.225 e. The fourth-order valence-electron chi connectivity index (χ4n) is 4.51. The third-order valence-electron chi connectivity index (χ3n) is 6.82. The van der Waals surface area contributed by atoms with Crippen molar-refractivity contribution in [3.8, 4) is 10.6 Å². The summed E-state index contributed by atoms with van der Waals surface area (Å²) in [5.74, 6) is 0.607. The molecule has 0 saturated heterocycles. The molecular formula is C23H30N6O3S. The Balaban J connectivity index is 1.55. The van der Waals surface area contributed by atoms with Gasteiger partial charge in [0.2, 0.25) is 5.95 Å². The molecule has 5 N–H and O–H groups in total. The maximum Gasteiger partial charge on any atom is 0.225 e. The first-order valence-electron chi connectivity index (χ1n) is 11.3. The SMILES string of the molecule is Cc1nc(NC2(C)CC2)nc(N[C@@H]2C[C@H](C(C)(C)O)[C@@H](O)[C@H]2O)c1-c1nc2cnccc2s1. The van der Waals surface area contributed by atoms with Gasteiger partial charge in [-0.05, 0) is 53.0 Å². The van der Waals surface area contributed by atoms with Crippen molar-refractivity contribution in [1.82, 2.24) is 19.9 Å². The second-order valence-corrected chi connectivity index (χ2v) is 11.2. The van der Waals surface area contributed by atoms with Crippen LogP contribution < -0.4 is 10.6 Å². The van der Waals surface area contributed by atoms with Gasteiger partial charge in [-0.1, -0.05) is 0 Å². The Labute approximate surface area is 196 Å². The molecule has 2 saturated carbocycles. The first-order valence-corrected chi connectivity index (χ1v) is 12.1. The predicted octanol–water partition coefficient (Wildman–Crippen LogP) is 2.71. The van der Waals surface area contributed by atoms with Crippen molar-refractivity contribution in [2.24, 2.45) is 5.92 Å². The maximum absolute atomic E-state index is 10.8. The summed E-state index contributed by atoms with van der Waals surface area (Å²) in [4.78, 5) is 18.4. The van der Waals surface area contributed by atoms with E-state index in [2.05, 4.69) is 22.5 Å². The molecule has 0 aromatic carbocycles. The van der Waals surface area contributed by atoms with Gasteiger partial charge in [0.05, 0.1) is 39.9 Å². The molecule has 176 valence electrons. The number of rotatable bonds is 6. The zero-order valence-corrected chi connectivity index (χ0v) is 20.0. The molecule has 0 unspecified atom stereocenters. The molecule has 3 aromatic heterocycles. The number of anilines is 2. The molecule has 3 heterocycles. The van der Waals surface area contributed by atoms with Crippen molar-refractivity contribution >= 4 is 33.3 Å². The number of nitrogens with one attached hydrogen (secondary N) is 2. The first kappa shape index (κ1) is 22.4. The molecule has 2 aliphatic carbocycles. The zero-order chi connectivity index (χ0) is 23.5. The standard InChI is InChI=1S/C23H30N6O3S/c1-11-16(20-27-14-10-24-8-5-15(14)33-20)19(28-21(25-11)29-23(4)6-7-23)26-13-9-12(22(2,3)32)17(30)18(13)31/h5,8,10,12-13,17-18,30-32H,6-7,9H2,1-4H3,(H2,25,26,28,29)/t12-,13+,17+,18-/m0/s1. The molecule has 2 aliphatic rings. The topological polar surface area (TPSA) is 136 Å².